The van der Waals surface area contributed by atoms with E-state index in [2.05, 4.69) is 27.3 Å². The minimum Gasteiger partial charge on any atom is -0.436 e. The Hall–Kier alpha value is -3.92. The Morgan fingerprint density at radius 3 is 2.55 bits per heavy atom. The molecule has 3 aromatic carbocycles. The number of pyridine rings is 1. The van der Waals surface area contributed by atoms with Crippen molar-refractivity contribution in [3.8, 4) is 5.75 Å². The molecule has 4 aromatic rings. The fourth-order valence-electron chi connectivity index (χ4n) is 5.77. The van der Waals surface area contributed by atoms with Crippen molar-refractivity contribution >= 4 is 38.4 Å². The maximum Gasteiger partial charge on any atom is 0.243 e. The van der Waals surface area contributed by atoms with Crippen LogP contribution in [-0.4, -0.2) is 55.7 Å². The summed E-state index contributed by atoms with van der Waals surface area (Å²) < 4.78 is 35.0. The van der Waals surface area contributed by atoms with Crippen molar-refractivity contribution in [3.63, 3.8) is 0 Å². The first-order valence-electron chi connectivity index (χ1n) is 13.0. The predicted octanol–water partition coefficient (Wildman–Crippen LogP) is 4.89. The molecule has 1 fully saturated rings. The van der Waals surface area contributed by atoms with Gasteiger partial charge in [-0.15, -0.1) is 0 Å². The zero-order valence-corrected chi connectivity index (χ0v) is 23.4. The summed E-state index contributed by atoms with van der Waals surface area (Å²) in [6, 6.07) is 23.0. The maximum atomic E-state index is 13.6. The lowest BCUT2D eigenvalue weighted by atomic mass is 9.81. The average Bonchev–Trinajstić information content (AvgIpc) is 3.46. The molecule has 0 bridgehead atoms. The highest BCUT2D eigenvalue weighted by Gasteiger charge is 2.44. The lowest BCUT2D eigenvalue weighted by Crippen LogP contribution is -2.38. The molecule has 8 nitrogen and oxygen atoms in total. The Morgan fingerprint density at radius 1 is 1.02 bits per heavy atom. The number of ether oxygens (including phenoxy) is 1. The van der Waals surface area contributed by atoms with Gasteiger partial charge in [0.25, 0.3) is 0 Å². The third-order valence-electron chi connectivity index (χ3n) is 7.65. The highest BCUT2D eigenvalue weighted by atomic mass is 35.5. The van der Waals surface area contributed by atoms with Crippen molar-refractivity contribution in [2.45, 2.75) is 17.0 Å². The largest absolute Gasteiger partial charge is 0.436 e. The molecule has 0 amide bonds. The van der Waals surface area contributed by atoms with E-state index < -0.39 is 10.0 Å². The molecule has 0 saturated carbocycles. The number of benzene rings is 3. The Bertz CT molecular complexity index is 1820. The minimum atomic E-state index is -3.80. The maximum absolute atomic E-state index is 13.6. The summed E-state index contributed by atoms with van der Waals surface area (Å²) in [4.78, 5) is 12.2. The number of nitrogens with zero attached hydrogens (tertiary/aromatic N) is 4. The van der Waals surface area contributed by atoms with E-state index in [1.165, 1.54) is 18.4 Å². The van der Waals surface area contributed by atoms with Crippen molar-refractivity contribution < 1.29 is 13.2 Å². The van der Waals surface area contributed by atoms with Crippen LogP contribution in [0, 0.1) is 0 Å². The molecule has 10 heteroatoms. The number of hydrogen-bond acceptors (Lipinski definition) is 7. The van der Waals surface area contributed by atoms with Gasteiger partial charge >= 0.3 is 0 Å². The van der Waals surface area contributed by atoms with Crippen LogP contribution >= 0.6 is 11.6 Å². The molecule has 4 heterocycles. The zero-order valence-electron chi connectivity index (χ0n) is 21.9. The molecule has 1 N–H and O–H groups in total. The van der Waals surface area contributed by atoms with Crippen molar-refractivity contribution in [2.24, 2.45) is 4.99 Å². The van der Waals surface area contributed by atoms with Crippen LogP contribution < -0.4 is 10.1 Å². The topological polar surface area (TPSA) is 87.1 Å². The summed E-state index contributed by atoms with van der Waals surface area (Å²) in [6.45, 7) is 1.53. The highest BCUT2D eigenvalue weighted by molar-refractivity contribution is 7.89. The van der Waals surface area contributed by atoms with Gasteiger partial charge in [-0.2, -0.15) is 0 Å². The van der Waals surface area contributed by atoms with Crippen LogP contribution in [0.5, 0.6) is 5.75 Å². The summed E-state index contributed by atoms with van der Waals surface area (Å²) in [5.74, 6) is 1.57. The van der Waals surface area contributed by atoms with Crippen LogP contribution in [0.3, 0.4) is 0 Å². The molecule has 2 atom stereocenters. The number of aromatic nitrogens is 1. The molecule has 0 spiro atoms. The van der Waals surface area contributed by atoms with Gasteiger partial charge in [-0.3, -0.25) is 4.98 Å². The number of aliphatic imine (C=N–C) groups is 1. The summed E-state index contributed by atoms with van der Waals surface area (Å²) in [5, 5.41) is 4.69. The van der Waals surface area contributed by atoms with Gasteiger partial charge in [-0.1, -0.05) is 54.1 Å². The van der Waals surface area contributed by atoms with Crippen molar-refractivity contribution in [3.05, 3.63) is 112 Å². The second-order valence-electron chi connectivity index (χ2n) is 10.2. The number of nitrogens with one attached hydrogen (secondary N) is 1. The number of halogens is 1. The van der Waals surface area contributed by atoms with Gasteiger partial charge in [-0.05, 0) is 41.5 Å². The lowest BCUT2D eigenvalue weighted by molar-refractivity contribution is 0.282. The molecule has 2 unspecified atom stereocenters. The van der Waals surface area contributed by atoms with Crippen LogP contribution in [0.4, 0.5) is 0 Å². The minimum absolute atomic E-state index is 0.183. The van der Waals surface area contributed by atoms with Gasteiger partial charge in [-0.25, -0.2) is 17.7 Å². The molecule has 3 aliphatic rings. The van der Waals surface area contributed by atoms with Crippen LogP contribution in [0.2, 0.25) is 5.02 Å². The van der Waals surface area contributed by atoms with Gasteiger partial charge in [0, 0.05) is 55.3 Å². The van der Waals surface area contributed by atoms with E-state index in [9.17, 15) is 8.42 Å². The van der Waals surface area contributed by atoms with Gasteiger partial charge in [0.05, 0.1) is 10.5 Å². The predicted molar refractivity (Wildman–Crippen MR) is 155 cm³/mol. The fraction of sp³-hybridized carbons (Fsp3) is 0.200. The Balaban J connectivity index is 1.55. The van der Waals surface area contributed by atoms with Crippen molar-refractivity contribution in [1.29, 1.82) is 0 Å². The van der Waals surface area contributed by atoms with Crippen LogP contribution in [0.1, 0.15) is 28.8 Å². The molecule has 40 heavy (non-hydrogen) atoms. The number of fused-ring (bicyclic) bond motifs is 5. The highest BCUT2D eigenvalue weighted by Crippen LogP contribution is 2.50. The standard InChI is InChI=1S/C30H26ClN5O3S/c1-35(2)40(37,38)23-17-22-24(18-10-12-20(31)13-11-18)25-29-33-15-16-36(29)28(19-7-4-3-5-8-19)34-30(25)39-27(22)26-21(23)9-6-14-32-26/h3-14,17,24,28,33H,15-16H2,1-2H3. The molecule has 3 aliphatic heterocycles. The van der Waals surface area contributed by atoms with Crippen LogP contribution in [0.25, 0.3) is 10.9 Å². The van der Waals surface area contributed by atoms with Crippen molar-refractivity contribution in [1.82, 2.24) is 19.5 Å². The van der Waals surface area contributed by atoms with Crippen LogP contribution in [0.15, 0.2) is 100 Å². The van der Waals surface area contributed by atoms with E-state index in [1.807, 2.05) is 42.5 Å². The Morgan fingerprint density at radius 2 is 1.80 bits per heavy atom. The third-order valence-corrected chi connectivity index (χ3v) is 9.75. The molecule has 0 aliphatic carbocycles. The first-order valence-corrected chi connectivity index (χ1v) is 14.8. The Kier molecular flexibility index (Phi) is 5.85. The smallest absolute Gasteiger partial charge is 0.243 e. The summed E-state index contributed by atoms with van der Waals surface area (Å²) in [6.07, 6.45) is 1.39. The molecule has 1 aromatic heterocycles. The average molecular weight is 572 g/mol. The van der Waals surface area contributed by atoms with Crippen molar-refractivity contribution in [2.75, 3.05) is 27.2 Å². The quantitative estimate of drug-likeness (QED) is 0.375. The SMILES string of the molecule is CN(C)S(=O)(=O)c1cc2c(c3ncccc13)OC1=NC(c3ccccc3)N3CCNC3=C1C2c1ccc(Cl)cc1. The van der Waals surface area contributed by atoms with Gasteiger partial charge in [0.2, 0.25) is 15.9 Å². The molecule has 7 rings (SSSR count). The Labute approximate surface area is 237 Å². The summed E-state index contributed by atoms with van der Waals surface area (Å²) in [5.41, 5.74) is 4.05. The van der Waals surface area contributed by atoms with E-state index >= 15 is 0 Å². The van der Waals surface area contributed by atoms with E-state index in [1.54, 1.807) is 24.4 Å². The van der Waals surface area contributed by atoms with E-state index in [4.69, 9.17) is 21.3 Å². The summed E-state index contributed by atoms with van der Waals surface area (Å²) >= 11 is 6.29. The molecular formula is C30H26ClN5O3S. The second kappa shape index (κ2) is 9.33. The molecular weight excluding hydrogens is 546 g/mol. The van der Waals surface area contributed by atoms with Gasteiger partial charge in [0.15, 0.2) is 11.9 Å². The third kappa shape index (κ3) is 3.80. The fourth-order valence-corrected chi connectivity index (χ4v) is 7.01. The second-order valence-corrected chi connectivity index (χ2v) is 12.7. The first kappa shape index (κ1) is 25.1. The van der Waals surface area contributed by atoms with Gasteiger partial charge in [0.1, 0.15) is 11.3 Å². The van der Waals surface area contributed by atoms with Crippen LogP contribution in [-0.2, 0) is 10.0 Å². The normalized spacial score (nSPS) is 20.0. The zero-order chi connectivity index (χ0) is 27.6. The molecule has 1 saturated heterocycles. The first-order chi connectivity index (χ1) is 19.3. The monoisotopic (exact) mass is 571 g/mol. The van der Waals surface area contributed by atoms with E-state index in [-0.39, 0.29) is 17.0 Å². The van der Waals surface area contributed by atoms with E-state index in [0.29, 0.717) is 33.1 Å². The number of hydrogen-bond donors (Lipinski definition) is 1. The molecule has 0 radical (unpaired) electrons. The number of sulfonamides is 1. The van der Waals surface area contributed by atoms with Gasteiger partial charge < -0.3 is 15.0 Å². The molecule has 202 valence electrons. The summed E-state index contributed by atoms with van der Waals surface area (Å²) in [7, 11) is -0.732. The number of rotatable bonds is 4. The lowest BCUT2D eigenvalue weighted by Gasteiger charge is -2.39. The van der Waals surface area contributed by atoms with E-state index in [0.717, 1.165) is 35.6 Å².